The summed E-state index contributed by atoms with van der Waals surface area (Å²) in [4.78, 5) is 65.3. The first kappa shape index (κ1) is 45.0. The van der Waals surface area contributed by atoms with E-state index >= 15 is 8.78 Å². The minimum Gasteiger partial charge on any atom is -0.496 e. The monoisotopic (exact) mass is 865 g/mol. The molecule has 61 heavy (non-hydrogen) atoms. The highest BCUT2D eigenvalue weighted by Crippen LogP contribution is 2.40. The number of carbonyl (C=O) groups excluding carboxylic acids is 4. The molecule has 0 spiro atoms. The Hall–Kier alpha value is -5.50. The largest absolute Gasteiger partial charge is 0.496 e. The van der Waals surface area contributed by atoms with Crippen LogP contribution in [0, 0.1) is 5.41 Å². The van der Waals surface area contributed by atoms with Gasteiger partial charge in [-0.1, -0.05) is 0 Å². The van der Waals surface area contributed by atoms with Crippen molar-refractivity contribution in [2.75, 3.05) is 66.4 Å². The lowest BCUT2D eigenvalue weighted by molar-refractivity contribution is -0.134. The number of fused-ring (bicyclic) bond motifs is 1. The van der Waals surface area contributed by atoms with Crippen molar-refractivity contribution in [1.82, 2.24) is 34.9 Å². The number of pyridine rings is 2. The summed E-state index contributed by atoms with van der Waals surface area (Å²) < 4.78 is 46.0. The van der Waals surface area contributed by atoms with Crippen molar-refractivity contribution < 1.29 is 37.4 Å². The van der Waals surface area contributed by atoms with Gasteiger partial charge in [0, 0.05) is 80.1 Å². The maximum atomic E-state index is 15.7. The molecule has 0 saturated carbocycles. The maximum absolute atomic E-state index is 15.7. The summed E-state index contributed by atoms with van der Waals surface area (Å²) in [7, 11) is 10.4. The SMILES string of the molecule is CNC1CCC(=O)NC1=O.COc1cc(-c2cn(C)c(=O)c3cc(C(=O)NC4CCN(C5CCN(c6ccn(C=O)c(=N)c6)CC5)CC4(F)F)sc23)cc(OC)c1CN(C)C. The highest BCUT2D eigenvalue weighted by molar-refractivity contribution is 7.21. The Kier molecular flexibility index (Phi) is 14.1. The fourth-order valence-electron chi connectivity index (χ4n) is 8.11. The molecule has 7 rings (SSSR count). The Labute approximate surface area is 355 Å². The summed E-state index contributed by atoms with van der Waals surface area (Å²) in [5, 5.41) is 16.0. The topological polar surface area (TPSA) is 183 Å². The number of thiophene rings is 1. The molecule has 1 aromatic carbocycles. The fourth-order valence-corrected chi connectivity index (χ4v) is 9.20. The number of alkyl halides is 2. The summed E-state index contributed by atoms with van der Waals surface area (Å²) in [5.41, 5.74) is 2.88. The third-order valence-electron chi connectivity index (χ3n) is 11.4. The molecule has 0 radical (unpaired) electrons. The van der Waals surface area contributed by atoms with E-state index < -0.39 is 24.4 Å². The average molecular weight is 866 g/mol. The van der Waals surface area contributed by atoms with Gasteiger partial charge in [-0.25, -0.2) is 8.78 Å². The molecule has 3 aromatic heterocycles. The quantitative estimate of drug-likeness (QED) is 0.129. The molecular formula is C42H53F2N9O7S. The van der Waals surface area contributed by atoms with Gasteiger partial charge in [0.05, 0.1) is 48.7 Å². The Balaban J connectivity index is 0.000000546. The van der Waals surface area contributed by atoms with E-state index in [0.29, 0.717) is 85.4 Å². The normalized spacial score (nSPS) is 19.6. The van der Waals surface area contributed by atoms with Gasteiger partial charge in [-0.15, -0.1) is 11.3 Å². The molecule has 0 bridgehead atoms. The van der Waals surface area contributed by atoms with Crippen LogP contribution in [0.2, 0.25) is 0 Å². The highest BCUT2D eigenvalue weighted by atomic mass is 32.1. The number of amides is 3. The molecule has 3 saturated heterocycles. The summed E-state index contributed by atoms with van der Waals surface area (Å²) in [6.07, 6.45) is 6.32. The van der Waals surface area contributed by atoms with Crippen LogP contribution in [0.15, 0.2) is 47.5 Å². The van der Waals surface area contributed by atoms with Crippen molar-refractivity contribution in [1.29, 1.82) is 5.41 Å². The Morgan fingerprint density at radius 1 is 1.05 bits per heavy atom. The maximum Gasteiger partial charge on any atom is 0.280 e. The molecule has 4 N–H and O–H groups in total. The number of ether oxygens (including phenoxy) is 2. The number of likely N-dealkylation sites (N-methyl/N-ethyl adjacent to an activating group) is 1. The van der Waals surface area contributed by atoms with Gasteiger partial charge in [0.25, 0.3) is 17.4 Å². The molecule has 328 valence electrons. The molecule has 2 unspecified atom stereocenters. The van der Waals surface area contributed by atoms with E-state index in [1.807, 2.05) is 36.0 Å². The van der Waals surface area contributed by atoms with E-state index in [9.17, 15) is 24.0 Å². The second kappa shape index (κ2) is 19.0. The second-order valence-corrected chi connectivity index (χ2v) is 16.8. The van der Waals surface area contributed by atoms with E-state index in [1.165, 1.54) is 15.2 Å². The highest BCUT2D eigenvalue weighted by Gasteiger charge is 2.47. The van der Waals surface area contributed by atoms with Crippen LogP contribution in [0.1, 0.15) is 47.3 Å². The lowest BCUT2D eigenvalue weighted by Gasteiger charge is -2.45. The average Bonchev–Trinajstić information content (AvgIpc) is 3.69. The predicted molar refractivity (Wildman–Crippen MR) is 228 cm³/mol. The van der Waals surface area contributed by atoms with E-state index in [2.05, 4.69) is 20.9 Å². The van der Waals surface area contributed by atoms with Gasteiger partial charge >= 0.3 is 0 Å². The Bertz CT molecular complexity index is 2380. The number of halogens is 2. The first-order valence-electron chi connectivity index (χ1n) is 20.0. The standard InChI is InChI=1S/C36H43F2N7O5S.C6H10N2O2/c1-41(2)18-27-28(49-4)14-22(15-29(27)50-5)26-19-42(3)35(48)25-17-30(51-33(25)26)34(47)40-31-9-13-44(20-36(31,37)38)23-6-10-43(11-7-23)24-8-12-45(21-46)32(39)16-24;1-7-4-2-3-5(9)8-6(4)10/h8,12,14-17,19,21,23,31,39H,6-7,9-11,13,18,20H2,1-5H3,(H,40,47);4,7H,2-3H2,1H3,(H,8,9,10). The number of rotatable bonds is 11. The molecule has 4 aromatic rings. The summed E-state index contributed by atoms with van der Waals surface area (Å²) in [5.74, 6) is -2.95. The molecule has 3 amide bonds. The van der Waals surface area contributed by atoms with Gasteiger partial charge in [0.2, 0.25) is 18.2 Å². The Morgan fingerprint density at radius 2 is 1.74 bits per heavy atom. The number of benzene rings is 1. The number of anilines is 1. The van der Waals surface area contributed by atoms with Crippen LogP contribution in [-0.2, 0) is 28.0 Å². The van der Waals surface area contributed by atoms with Gasteiger partial charge in [-0.05, 0) is 76.7 Å². The van der Waals surface area contributed by atoms with E-state index in [-0.39, 0.29) is 46.2 Å². The smallest absolute Gasteiger partial charge is 0.280 e. The number of carbonyl (C=O) groups is 4. The number of aromatic nitrogens is 2. The van der Waals surface area contributed by atoms with Gasteiger partial charge in [-0.3, -0.25) is 44.2 Å². The number of piperidine rings is 3. The summed E-state index contributed by atoms with van der Waals surface area (Å²) in [6, 6.07) is 7.08. The minimum atomic E-state index is -3.16. The molecule has 6 heterocycles. The number of likely N-dealkylation sites (tertiary alicyclic amines) is 1. The molecule has 19 heteroatoms. The van der Waals surface area contributed by atoms with Crippen LogP contribution in [-0.4, -0.2) is 129 Å². The van der Waals surface area contributed by atoms with Crippen LogP contribution in [0.5, 0.6) is 11.5 Å². The summed E-state index contributed by atoms with van der Waals surface area (Å²) >= 11 is 1.10. The minimum absolute atomic E-state index is 0.0331. The number of hydrogen-bond donors (Lipinski definition) is 4. The number of methoxy groups -OCH3 is 2. The first-order valence-corrected chi connectivity index (χ1v) is 20.8. The summed E-state index contributed by atoms with van der Waals surface area (Å²) in [6.45, 7) is 1.81. The van der Waals surface area contributed by atoms with E-state index in [4.69, 9.17) is 14.9 Å². The zero-order valence-electron chi connectivity index (χ0n) is 35.2. The Morgan fingerprint density at radius 3 is 2.31 bits per heavy atom. The number of nitrogens with zero attached hydrogens (tertiary/aromatic N) is 5. The third kappa shape index (κ3) is 10.0. The van der Waals surface area contributed by atoms with Crippen molar-refractivity contribution in [3.8, 4) is 22.6 Å². The first-order chi connectivity index (χ1) is 29.1. The number of nitrogens with one attached hydrogen (secondary N) is 4. The van der Waals surface area contributed by atoms with Crippen LogP contribution in [0.3, 0.4) is 0 Å². The van der Waals surface area contributed by atoms with Crippen LogP contribution >= 0.6 is 11.3 Å². The predicted octanol–water partition coefficient (Wildman–Crippen LogP) is 2.78. The van der Waals surface area contributed by atoms with Crippen LogP contribution in [0.4, 0.5) is 14.5 Å². The van der Waals surface area contributed by atoms with Crippen LogP contribution in [0.25, 0.3) is 21.2 Å². The lowest BCUT2D eigenvalue weighted by atomic mass is 9.95. The zero-order valence-corrected chi connectivity index (χ0v) is 36.0. The van der Waals surface area contributed by atoms with E-state index in [0.717, 1.165) is 28.2 Å². The molecule has 3 aliphatic rings. The van der Waals surface area contributed by atoms with Crippen molar-refractivity contribution in [3.63, 3.8) is 0 Å². The second-order valence-electron chi connectivity index (χ2n) is 15.7. The number of imide groups is 1. The van der Waals surface area contributed by atoms with E-state index in [1.54, 1.807) is 52.8 Å². The lowest BCUT2D eigenvalue weighted by Crippen LogP contribution is -2.61. The zero-order chi connectivity index (χ0) is 44.2. The van der Waals surface area contributed by atoms with Gasteiger partial charge in [0.15, 0.2) is 0 Å². The van der Waals surface area contributed by atoms with Crippen molar-refractivity contribution >= 4 is 51.2 Å². The number of aryl methyl sites for hydroxylation is 1. The van der Waals surface area contributed by atoms with Crippen LogP contribution < -0.4 is 41.4 Å². The van der Waals surface area contributed by atoms with Gasteiger partial charge in [0.1, 0.15) is 17.0 Å². The van der Waals surface area contributed by atoms with Crippen molar-refractivity contribution in [2.45, 2.75) is 62.7 Å². The van der Waals surface area contributed by atoms with Gasteiger partial charge in [-0.2, -0.15) is 0 Å². The van der Waals surface area contributed by atoms with Crippen molar-refractivity contribution in [2.24, 2.45) is 7.05 Å². The third-order valence-corrected chi connectivity index (χ3v) is 12.6. The molecule has 0 aliphatic carbocycles. The molecule has 16 nitrogen and oxygen atoms in total. The number of hydrogen-bond acceptors (Lipinski definition) is 13. The fraction of sp³-hybridized carbons (Fsp3) is 0.476. The van der Waals surface area contributed by atoms with Gasteiger partial charge < -0.3 is 34.5 Å². The molecule has 2 atom stereocenters. The molecule has 3 aliphatic heterocycles. The molecular weight excluding hydrogens is 813 g/mol. The van der Waals surface area contributed by atoms with Crippen molar-refractivity contribution in [3.05, 3.63) is 69.0 Å². The molecule has 3 fully saturated rings.